The fourth-order valence-electron chi connectivity index (χ4n) is 1.13. The molecule has 5 heteroatoms. The van der Waals surface area contributed by atoms with Gasteiger partial charge in [-0.15, -0.1) is 0 Å². The van der Waals surface area contributed by atoms with Crippen LogP contribution in [0.3, 0.4) is 0 Å². The van der Waals surface area contributed by atoms with E-state index in [-0.39, 0.29) is 0 Å². The Kier molecular flexibility index (Phi) is 5.23. The third kappa shape index (κ3) is 4.37. The van der Waals surface area contributed by atoms with E-state index in [0.717, 1.165) is 15.0 Å². The molecule has 0 unspecified atom stereocenters. The van der Waals surface area contributed by atoms with Gasteiger partial charge in [-0.25, -0.2) is 0 Å². The summed E-state index contributed by atoms with van der Waals surface area (Å²) in [7, 11) is 0. The second kappa shape index (κ2) is 6.49. The second-order valence-corrected chi connectivity index (χ2v) is 3.98. The number of hydrogen-bond acceptors (Lipinski definition) is 4. The molecular formula is C10H12IN3O. The zero-order valence-electron chi connectivity index (χ0n) is 8.39. The van der Waals surface area contributed by atoms with Crippen LogP contribution in [0.1, 0.15) is 12.5 Å². The Balaban J connectivity index is 2.74. The van der Waals surface area contributed by atoms with Crippen LogP contribution in [0.4, 0.5) is 0 Å². The van der Waals surface area contributed by atoms with Crippen LogP contribution in [0.25, 0.3) is 0 Å². The maximum atomic E-state index is 8.46. The number of aromatic nitrogens is 1. The minimum Gasteiger partial charge on any atom is -0.411 e. The number of rotatable bonds is 4. The summed E-state index contributed by atoms with van der Waals surface area (Å²) >= 11 is 2.16. The summed E-state index contributed by atoms with van der Waals surface area (Å²) in [4.78, 5) is 8.39. The van der Waals surface area contributed by atoms with E-state index < -0.39 is 0 Å². The first-order valence-electron chi connectivity index (χ1n) is 4.57. The largest absolute Gasteiger partial charge is 0.411 e. The van der Waals surface area contributed by atoms with Crippen LogP contribution in [0.5, 0.6) is 0 Å². The molecule has 1 N–H and O–H groups in total. The summed E-state index contributed by atoms with van der Waals surface area (Å²) in [6.07, 6.45) is 3.81. The highest BCUT2D eigenvalue weighted by atomic mass is 127. The van der Waals surface area contributed by atoms with Gasteiger partial charge in [-0.1, -0.05) is 11.2 Å². The Morgan fingerprint density at radius 2 is 2.40 bits per heavy atom. The van der Waals surface area contributed by atoms with E-state index in [1.807, 2.05) is 19.1 Å². The van der Waals surface area contributed by atoms with Crippen molar-refractivity contribution in [3.8, 4) is 0 Å². The number of halogens is 1. The Morgan fingerprint density at radius 3 is 2.93 bits per heavy atom. The lowest BCUT2D eigenvalue weighted by Crippen LogP contribution is -2.06. The molecule has 4 nitrogen and oxygen atoms in total. The zero-order chi connectivity index (χ0) is 11.1. The van der Waals surface area contributed by atoms with Gasteiger partial charge in [0, 0.05) is 19.2 Å². The highest BCUT2D eigenvalue weighted by Gasteiger charge is 1.99. The van der Waals surface area contributed by atoms with Crippen LogP contribution < -0.4 is 0 Å². The smallest absolute Gasteiger partial charge is 0.101 e. The predicted octanol–water partition coefficient (Wildman–Crippen LogP) is 2.15. The molecule has 1 rings (SSSR count). The van der Waals surface area contributed by atoms with E-state index in [1.165, 1.54) is 6.21 Å². The minimum absolute atomic E-state index is 0.641. The summed E-state index contributed by atoms with van der Waals surface area (Å²) < 4.78 is 0.959. The normalized spacial score (nSPS) is 12.3. The highest BCUT2D eigenvalue weighted by Crippen LogP contribution is 2.04. The van der Waals surface area contributed by atoms with Gasteiger partial charge in [-0.05, 0) is 41.1 Å². The molecule has 0 aliphatic carbocycles. The van der Waals surface area contributed by atoms with Crippen molar-refractivity contribution in [3.63, 3.8) is 0 Å². The summed E-state index contributed by atoms with van der Waals surface area (Å²) in [5.41, 5.74) is 1.81. The molecule has 80 valence electrons. The van der Waals surface area contributed by atoms with Crippen molar-refractivity contribution in [2.45, 2.75) is 13.3 Å². The average Bonchev–Trinajstić information content (AvgIpc) is 2.22. The van der Waals surface area contributed by atoms with E-state index >= 15 is 0 Å². The molecule has 0 saturated carbocycles. The van der Waals surface area contributed by atoms with Crippen molar-refractivity contribution < 1.29 is 5.21 Å². The van der Waals surface area contributed by atoms with Crippen molar-refractivity contribution in [1.82, 2.24) is 4.98 Å². The maximum Gasteiger partial charge on any atom is 0.101 e. The molecule has 0 aliphatic heterocycles. The van der Waals surface area contributed by atoms with E-state index in [9.17, 15) is 0 Å². The Hall–Kier alpha value is -0.980. The van der Waals surface area contributed by atoms with Gasteiger partial charge in [-0.2, -0.15) is 0 Å². The van der Waals surface area contributed by atoms with Gasteiger partial charge in [0.05, 0.1) is 11.9 Å². The number of hydrogen-bond donors (Lipinski definition) is 1. The molecule has 15 heavy (non-hydrogen) atoms. The van der Waals surface area contributed by atoms with Crippen LogP contribution in [0.2, 0.25) is 0 Å². The number of nitrogens with zero attached hydrogens (tertiary/aromatic N) is 3. The Labute approximate surface area is 102 Å². The minimum atomic E-state index is 0.641. The van der Waals surface area contributed by atoms with Crippen LogP contribution in [0.15, 0.2) is 28.5 Å². The van der Waals surface area contributed by atoms with Gasteiger partial charge in [0.2, 0.25) is 0 Å². The van der Waals surface area contributed by atoms with Crippen molar-refractivity contribution >= 4 is 34.5 Å². The predicted molar refractivity (Wildman–Crippen MR) is 68.9 cm³/mol. The molecular weight excluding hydrogens is 305 g/mol. The fourth-order valence-corrected chi connectivity index (χ4v) is 1.45. The first-order chi connectivity index (χ1) is 7.26. The summed E-state index contributed by atoms with van der Waals surface area (Å²) in [6.45, 7) is 2.62. The van der Waals surface area contributed by atoms with E-state index in [2.05, 4.69) is 37.7 Å². The SMILES string of the molecule is CCN=C(C=NO)Cc1ccc(I)nc1. The molecule has 0 radical (unpaired) electrons. The van der Waals surface area contributed by atoms with Crippen molar-refractivity contribution in [3.05, 3.63) is 27.6 Å². The van der Waals surface area contributed by atoms with Gasteiger partial charge in [-0.3, -0.25) is 9.98 Å². The van der Waals surface area contributed by atoms with Gasteiger partial charge in [0.1, 0.15) is 3.70 Å². The van der Waals surface area contributed by atoms with E-state index in [0.29, 0.717) is 13.0 Å². The van der Waals surface area contributed by atoms with Gasteiger partial charge >= 0.3 is 0 Å². The Bertz CT molecular complexity index is 359. The molecule has 0 saturated heterocycles. The first kappa shape index (κ1) is 12.1. The molecule has 0 aliphatic rings. The first-order valence-corrected chi connectivity index (χ1v) is 5.65. The molecule has 0 bridgehead atoms. The average molecular weight is 317 g/mol. The van der Waals surface area contributed by atoms with Crippen LogP contribution in [-0.4, -0.2) is 28.7 Å². The van der Waals surface area contributed by atoms with Crippen LogP contribution >= 0.6 is 22.6 Å². The van der Waals surface area contributed by atoms with Crippen LogP contribution in [-0.2, 0) is 6.42 Å². The summed E-state index contributed by atoms with van der Waals surface area (Å²) in [5, 5.41) is 11.4. The number of pyridine rings is 1. The maximum absolute atomic E-state index is 8.46. The van der Waals surface area contributed by atoms with E-state index in [1.54, 1.807) is 6.20 Å². The standard InChI is InChI=1S/C10H12IN3O/c1-2-12-9(7-14-15)5-8-3-4-10(11)13-6-8/h3-4,6-7,15H,2,5H2,1H3. The van der Waals surface area contributed by atoms with E-state index in [4.69, 9.17) is 5.21 Å². The third-order valence-corrected chi connectivity index (χ3v) is 2.38. The molecule has 0 spiro atoms. The molecule has 0 fully saturated rings. The van der Waals surface area contributed by atoms with Crippen LogP contribution in [0, 0.1) is 3.70 Å². The Morgan fingerprint density at radius 1 is 1.60 bits per heavy atom. The monoisotopic (exact) mass is 317 g/mol. The summed E-state index contributed by atoms with van der Waals surface area (Å²) in [6, 6.07) is 3.93. The third-order valence-electron chi connectivity index (χ3n) is 1.74. The molecule has 1 aromatic rings. The lowest BCUT2D eigenvalue weighted by molar-refractivity contribution is 0.322. The summed E-state index contributed by atoms with van der Waals surface area (Å²) in [5.74, 6) is 0. The molecule has 1 heterocycles. The highest BCUT2D eigenvalue weighted by molar-refractivity contribution is 14.1. The van der Waals surface area contributed by atoms with Gasteiger partial charge < -0.3 is 5.21 Å². The van der Waals surface area contributed by atoms with Crippen molar-refractivity contribution in [2.24, 2.45) is 10.1 Å². The lowest BCUT2D eigenvalue weighted by atomic mass is 10.1. The van der Waals surface area contributed by atoms with Gasteiger partial charge in [0.15, 0.2) is 0 Å². The molecule has 0 atom stereocenters. The molecule has 0 amide bonds. The number of oxime groups is 1. The van der Waals surface area contributed by atoms with Gasteiger partial charge in [0.25, 0.3) is 0 Å². The topological polar surface area (TPSA) is 57.8 Å². The quantitative estimate of drug-likeness (QED) is 0.304. The van der Waals surface area contributed by atoms with Crippen molar-refractivity contribution in [1.29, 1.82) is 0 Å². The fraction of sp³-hybridized carbons (Fsp3) is 0.300. The zero-order valence-corrected chi connectivity index (χ0v) is 10.5. The lowest BCUT2D eigenvalue weighted by Gasteiger charge is -2.00. The molecule has 0 aromatic carbocycles. The van der Waals surface area contributed by atoms with Crippen molar-refractivity contribution in [2.75, 3.05) is 6.54 Å². The second-order valence-electron chi connectivity index (χ2n) is 2.88. The molecule has 1 aromatic heterocycles. The number of aliphatic imine (C=N–C) groups is 1.